The van der Waals surface area contributed by atoms with Gasteiger partial charge < -0.3 is 19.3 Å². The molecule has 0 fully saturated rings. The standard InChI is InChI=1S/C17H20O4/c1-17(18,12-7-5-8-13(11-12)19-2)16-14(20-3)9-6-10-15(16)21-4/h5-11,18H,1-4H3. The predicted octanol–water partition coefficient (Wildman–Crippen LogP) is 2.97. The number of methoxy groups -OCH3 is 3. The van der Waals surface area contributed by atoms with E-state index in [4.69, 9.17) is 14.2 Å². The van der Waals surface area contributed by atoms with Crippen molar-refractivity contribution in [3.05, 3.63) is 53.6 Å². The Hall–Kier alpha value is -2.20. The molecule has 2 aromatic rings. The third kappa shape index (κ3) is 2.81. The highest BCUT2D eigenvalue weighted by Gasteiger charge is 2.32. The molecule has 0 heterocycles. The first kappa shape index (κ1) is 15.2. The van der Waals surface area contributed by atoms with Gasteiger partial charge in [-0.3, -0.25) is 0 Å². The Morgan fingerprint density at radius 1 is 0.857 bits per heavy atom. The van der Waals surface area contributed by atoms with Crippen LogP contribution in [0.3, 0.4) is 0 Å². The van der Waals surface area contributed by atoms with Crippen LogP contribution in [-0.4, -0.2) is 26.4 Å². The molecule has 0 aromatic heterocycles. The molecule has 2 aromatic carbocycles. The van der Waals surface area contributed by atoms with Crippen LogP contribution in [0.4, 0.5) is 0 Å². The zero-order chi connectivity index (χ0) is 15.5. The van der Waals surface area contributed by atoms with Crippen LogP contribution in [-0.2, 0) is 5.60 Å². The third-order valence-corrected chi connectivity index (χ3v) is 3.55. The van der Waals surface area contributed by atoms with Gasteiger partial charge in [0.05, 0.1) is 26.9 Å². The largest absolute Gasteiger partial charge is 0.497 e. The molecule has 4 nitrogen and oxygen atoms in total. The van der Waals surface area contributed by atoms with E-state index in [2.05, 4.69) is 0 Å². The molecule has 0 spiro atoms. The molecule has 4 heteroatoms. The molecule has 0 aliphatic heterocycles. The summed E-state index contributed by atoms with van der Waals surface area (Å²) in [6.45, 7) is 1.71. The normalized spacial score (nSPS) is 13.4. The molecule has 0 radical (unpaired) electrons. The van der Waals surface area contributed by atoms with Crippen molar-refractivity contribution in [2.24, 2.45) is 0 Å². The van der Waals surface area contributed by atoms with Crippen molar-refractivity contribution in [3.8, 4) is 17.2 Å². The Balaban J connectivity index is 2.62. The summed E-state index contributed by atoms with van der Waals surface area (Å²) in [5.74, 6) is 1.82. The number of hydrogen-bond acceptors (Lipinski definition) is 4. The third-order valence-electron chi connectivity index (χ3n) is 3.55. The maximum atomic E-state index is 11.1. The van der Waals surface area contributed by atoms with E-state index in [1.54, 1.807) is 46.5 Å². The molecule has 0 aliphatic rings. The van der Waals surface area contributed by atoms with E-state index in [1.807, 2.05) is 24.3 Å². The first-order valence-corrected chi connectivity index (χ1v) is 6.63. The van der Waals surface area contributed by atoms with Crippen LogP contribution in [0.1, 0.15) is 18.1 Å². The molecule has 1 N–H and O–H groups in total. The summed E-state index contributed by atoms with van der Waals surface area (Å²) >= 11 is 0. The average Bonchev–Trinajstić information content (AvgIpc) is 2.53. The van der Waals surface area contributed by atoms with Gasteiger partial charge in [-0.1, -0.05) is 18.2 Å². The zero-order valence-corrected chi connectivity index (χ0v) is 12.7. The van der Waals surface area contributed by atoms with E-state index in [-0.39, 0.29) is 0 Å². The molecule has 0 bridgehead atoms. The van der Waals surface area contributed by atoms with Gasteiger partial charge in [-0.2, -0.15) is 0 Å². The van der Waals surface area contributed by atoms with Gasteiger partial charge in [0.25, 0.3) is 0 Å². The molecule has 0 aliphatic carbocycles. The summed E-state index contributed by atoms with van der Waals surface area (Å²) in [4.78, 5) is 0. The summed E-state index contributed by atoms with van der Waals surface area (Å²) in [5.41, 5.74) is 0.0138. The van der Waals surface area contributed by atoms with Crippen molar-refractivity contribution in [2.45, 2.75) is 12.5 Å². The van der Waals surface area contributed by atoms with Gasteiger partial charge in [0.1, 0.15) is 22.8 Å². The van der Waals surface area contributed by atoms with Gasteiger partial charge in [0.15, 0.2) is 0 Å². The van der Waals surface area contributed by atoms with Crippen molar-refractivity contribution >= 4 is 0 Å². The molecule has 0 amide bonds. The van der Waals surface area contributed by atoms with Crippen LogP contribution in [0, 0.1) is 0 Å². The second kappa shape index (κ2) is 6.06. The maximum absolute atomic E-state index is 11.1. The smallest absolute Gasteiger partial charge is 0.129 e. The fourth-order valence-electron chi connectivity index (χ4n) is 2.40. The lowest BCUT2D eigenvalue weighted by atomic mass is 9.86. The second-order valence-electron chi connectivity index (χ2n) is 4.84. The summed E-state index contributed by atoms with van der Waals surface area (Å²) < 4.78 is 16.0. The molecule has 1 unspecified atom stereocenters. The van der Waals surface area contributed by atoms with Gasteiger partial charge in [0, 0.05) is 0 Å². The van der Waals surface area contributed by atoms with E-state index in [0.29, 0.717) is 28.4 Å². The van der Waals surface area contributed by atoms with Crippen LogP contribution in [0.5, 0.6) is 17.2 Å². The summed E-state index contributed by atoms with van der Waals surface area (Å²) in [5, 5.41) is 11.1. The van der Waals surface area contributed by atoms with Crippen molar-refractivity contribution in [2.75, 3.05) is 21.3 Å². The lowest BCUT2D eigenvalue weighted by Gasteiger charge is -2.28. The van der Waals surface area contributed by atoms with Crippen molar-refractivity contribution in [1.82, 2.24) is 0 Å². The van der Waals surface area contributed by atoms with Crippen LogP contribution < -0.4 is 14.2 Å². The van der Waals surface area contributed by atoms with Crippen LogP contribution in [0.15, 0.2) is 42.5 Å². The Labute approximate surface area is 124 Å². The molecule has 1 atom stereocenters. The molecule has 0 saturated carbocycles. The molecule has 21 heavy (non-hydrogen) atoms. The molecule has 0 saturated heterocycles. The first-order valence-electron chi connectivity index (χ1n) is 6.63. The number of benzene rings is 2. The lowest BCUT2D eigenvalue weighted by molar-refractivity contribution is 0.0953. The summed E-state index contributed by atoms with van der Waals surface area (Å²) in [6, 6.07) is 12.7. The van der Waals surface area contributed by atoms with E-state index in [9.17, 15) is 5.11 Å². The topological polar surface area (TPSA) is 47.9 Å². The van der Waals surface area contributed by atoms with E-state index >= 15 is 0 Å². The Morgan fingerprint density at radius 2 is 1.43 bits per heavy atom. The van der Waals surface area contributed by atoms with Gasteiger partial charge >= 0.3 is 0 Å². The molecule has 112 valence electrons. The Morgan fingerprint density at radius 3 is 1.95 bits per heavy atom. The van der Waals surface area contributed by atoms with Crippen LogP contribution in [0.2, 0.25) is 0 Å². The highest BCUT2D eigenvalue weighted by molar-refractivity contribution is 5.53. The van der Waals surface area contributed by atoms with Crippen molar-refractivity contribution < 1.29 is 19.3 Å². The highest BCUT2D eigenvalue weighted by atomic mass is 16.5. The van der Waals surface area contributed by atoms with Crippen molar-refractivity contribution in [3.63, 3.8) is 0 Å². The van der Waals surface area contributed by atoms with Gasteiger partial charge in [0.2, 0.25) is 0 Å². The van der Waals surface area contributed by atoms with Crippen molar-refractivity contribution in [1.29, 1.82) is 0 Å². The number of rotatable bonds is 5. The van der Waals surface area contributed by atoms with Gasteiger partial charge in [-0.05, 0) is 36.8 Å². The second-order valence-corrected chi connectivity index (χ2v) is 4.84. The quantitative estimate of drug-likeness (QED) is 0.919. The predicted molar refractivity (Wildman–Crippen MR) is 81.2 cm³/mol. The monoisotopic (exact) mass is 288 g/mol. The van der Waals surface area contributed by atoms with E-state index in [0.717, 1.165) is 0 Å². The molecular formula is C17H20O4. The summed E-state index contributed by atoms with van der Waals surface area (Å²) in [6.07, 6.45) is 0. The fourth-order valence-corrected chi connectivity index (χ4v) is 2.40. The maximum Gasteiger partial charge on any atom is 0.129 e. The van der Waals surface area contributed by atoms with Crippen LogP contribution >= 0.6 is 0 Å². The van der Waals surface area contributed by atoms with Gasteiger partial charge in [-0.15, -0.1) is 0 Å². The minimum Gasteiger partial charge on any atom is -0.497 e. The average molecular weight is 288 g/mol. The number of hydrogen-bond donors (Lipinski definition) is 1. The minimum absolute atomic E-state index is 0.571. The zero-order valence-electron chi connectivity index (χ0n) is 12.7. The Bertz CT molecular complexity index is 598. The Kier molecular flexibility index (Phi) is 4.38. The molecule has 2 rings (SSSR count). The molecular weight excluding hydrogens is 268 g/mol. The van der Waals surface area contributed by atoms with Gasteiger partial charge in [-0.25, -0.2) is 0 Å². The fraction of sp³-hybridized carbons (Fsp3) is 0.294. The van der Waals surface area contributed by atoms with Crippen LogP contribution in [0.25, 0.3) is 0 Å². The SMILES string of the molecule is COc1cccc(C(C)(O)c2c(OC)cccc2OC)c1. The first-order chi connectivity index (χ1) is 10.0. The lowest BCUT2D eigenvalue weighted by Crippen LogP contribution is -2.24. The number of ether oxygens (including phenoxy) is 3. The minimum atomic E-state index is -1.27. The number of aliphatic hydroxyl groups is 1. The summed E-state index contributed by atoms with van der Waals surface area (Å²) in [7, 11) is 4.73. The van der Waals surface area contributed by atoms with E-state index in [1.165, 1.54) is 0 Å². The van der Waals surface area contributed by atoms with E-state index < -0.39 is 5.60 Å². The highest BCUT2D eigenvalue weighted by Crippen LogP contribution is 2.41.